The van der Waals surface area contributed by atoms with E-state index in [1.165, 1.54) is 5.56 Å². The van der Waals surface area contributed by atoms with Crippen LogP contribution in [0.4, 0.5) is 11.4 Å². The summed E-state index contributed by atoms with van der Waals surface area (Å²) in [6.07, 6.45) is 0.944. The van der Waals surface area contributed by atoms with Crippen LogP contribution in [0.5, 0.6) is 5.75 Å². The second-order valence-electron chi connectivity index (χ2n) is 7.64. The minimum atomic E-state index is -0.385. The number of hydrogen-bond donors (Lipinski definition) is 1. The molecule has 1 aliphatic heterocycles. The fourth-order valence-electron chi connectivity index (χ4n) is 3.87. The third-order valence-electron chi connectivity index (χ3n) is 5.47. The largest absolute Gasteiger partial charge is 0.494 e. The predicted molar refractivity (Wildman–Crippen MR) is 122 cm³/mol. The standard InChI is InChI=1S/C26H26N2O3/c1-2-31-23-14-12-22(13-15-23)28-18-21(17-25(28)29)26(30)27-24-11-7-6-10-20(24)16-19-8-4-3-5-9-19/h3-15,21H,2,16-18H2,1H3,(H,27,30)/t21-/m1/s1. The van der Waals surface area contributed by atoms with Crippen LogP contribution in [0.2, 0.25) is 0 Å². The minimum absolute atomic E-state index is 0.0399. The molecule has 0 unspecified atom stereocenters. The number of carbonyl (C=O) groups is 2. The lowest BCUT2D eigenvalue weighted by molar-refractivity contribution is -0.122. The molecule has 0 aliphatic carbocycles. The number of hydrogen-bond acceptors (Lipinski definition) is 3. The molecule has 2 amide bonds. The van der Waals surface area contributed by atoms with E-state index in [4.69, 9.17) is 4.74 Å². The Morgan fingerprint density at radius 2 is 1.71 bits per heavy atom. The first-order chi connectivity index (χ1) is 15.1. The Balaban J connectivity index is 1.43. The number of carbonyl (C=O) groups excluding carboxylic acids is 2. The van der Waals surface area contributed by atoms with E-state index >= 15 is 0 Å². The Labute approximate surface area is 182 Å². The third-order valence-corrected chi connectivity index (χ3v) is 5.47. The van der Waals surface area contributed by atoms with Gasteiger partial charge < -0.3 is 15.0 Å². The van der Waals surface area contributed by atoms with Gasteiger partial charge >= 0.3 is 0 Å². The maximum atomic E-state index is 13.0. The number of nitrogens with zero attached hydrogens (tertiary/aromatic N) is 1. The van der Waals surface area contributed by atoms with Crippen molar-refractivity contribution in [3.8, 4) is 5.75 Å². The van der Waals surface area contributed by atoms with Gasteiger partial charge in [0.1, 0.15) is 5.75 Å². The van der Waals surface area contributed by atoms with E-state index in [9.17, 15) is 9.59 Å². The maximum absolute atomic E-state index is 13.0. The summed E-state index contributed by atoms with van der Waals surface area (Å²) in [5.41, 5.74) is 3.81. The van der Waals surface area contributed by atoms with E-state index < -0.39 is 0 Å². The van der Waals surface area contributed by atoms with E-state index in [0.29, 0.717) is 13.2 Å². The highest BCUT2D eigenvalue weighted by Gasteiger charge is 2.35. The summed E-state index contributed by atoms with van der Waals surface area (Å²) >= 11 is 0. The highest BCUT2D eigenvalue weighted by molar-refractivity contribution is 6.03. The van der Waals surface area contributed by atoms with Crippen molar-refractivity contribution in [2.24, 2.45) is 5.92 Å². The highest BCUT2D eigenvalue weighted by atomic mass is 16.5. The summed E-state index contributed by atoms with van der Waals surface area (Å²) in [6, 6.07) is 25.4. The van der Waals surface area contributed by atoms with Crippen LogP contribution in [0.25, 0.3) is 0 Å². The number of para-hydroxylation sites is 1. The average Bonchev–Trinajstić information content (AvgIpc) is 3.18. The van der Waals surface area contributed by atoms with Gasteiger partial charge in [0.15, 0.2) is 0 Å². The molecular formula is C26H26N2O3. The Kier molecular flexibility index (Phi) is 6.32. The first-order valence-corrected chi connectivity index (χ1v) is 10.6. The zero-order valence-corrected chi connectivity index (χ0v) is 17.6. The van der Waals surface area contributed by atoms with E-state index in [1.54, 1.807) is 4.90 Å². The molecule has 158 valence electrons. The lowest BCUT2D eigenvalue weighted by atomic mass is 10.0. The molecule has 1 N–H and O–H groups in total. The van der Waals surface area contributed by atoms with Crippen molar-refractivity contribution >= 4 is 23.2 Å². The molecular weight excluding hydrogens is 388 g/mol. The number of rotatable bonds is 7. The van der Waals surface area contributed by atoms with Crippen molar-refractivity contribution in [1.29, 1.82) is 0 Å². The molecule has 5 nitrogen and oxygen atoms in total. The molecule has 1 heterocycles. The second-order valence-corrected chi connectivity index (χ2v) is 7.64. The monoisotopic (exact) mass is 414 g/mol. The van der Waals surface area contributed by atoms with Gasteiger partial charge in [-0.3, -0.25) is 9.59 Å². The Morgan fingerprint density at radius 3 is 2.45 bits per heavy atom. The van der Waals surface area contributed by atoms with E-state index in [0.717, 1.165) is 29.1 Å². The van der Waals surface area contributed by atoms with Crippen LogP contribution < -0.4 is 15.0 Å². The fraction of sp³-hybridized carbons (Fsp3) is 0.231. The zero-order valence-electron chi connectivity index (χ0n) is 17.6. The minimum Gasteiger partial charge on any atom is -0.494 e. The molecule has 0 saturated carbocycles. The van der Waals surface area contributed by atoms with Crippen molar-refractivity contribution in [2.45, 2.75) is 19.8 Å². The number of ether oxygens (including phenoxy) is 1. The SMILES string of the molecule is CCOc1ccc(N2C[C@H](C(=O)Nc3ccccc3Cc3ccccc3)CC2=O)cc1. The van der Waals surface area contributed by atoms with Crippen LogP contribution in [-0.2, 0) is 16.0 Å². The Bertz CT molecular complexity index is 1050. The molecule has 1 saturated heterocycles. The summed E-state index contributed by atoms with van der Waals surface area (Å²) in [4.78, 5) is 27.2. The van der Waals surface area contributed by atoms with Crippen molar-refractivity contribution in [3.63, 3.8) is 0 Å². The van der Waals surface area contributed by atoms with Crippen LogP contribution >= 0.6 is 0 Å². The topological polar surface area (TPSA) is 58.6 Å². The van der Waals surface area contributed by atoms with Gasteiger partial charge in [-0.15, -0.1) is 0 Å². The first-order valence-electron chi connectivity index (χ1n) is 10.6. The van der Waals surface area contributed by atoms with Gasteiger partial charge in [-0.1, -0.05) is 48.5 Å². The summed E-state index contributed by atoms with van der Waals surface area (Å²) < 4.78 is 5.46. The zero-order chi connectivity index (χ0) is 21.6. The molecule has 0 bridgehead atoms. The molecule has 1 fully saturated rings. The molecule has 1 atom stereocenters. The molecule has 0 radical (unpaired) electrons. The lowest BCUT2D eigenvalue weighted by Crippen LogP contribution is -2.28. The third kappa shape index (κ3) is 4.94. The number of amides is 2. The van der Waals surface area contributed by atoms with Crippen LogP contribution in [-0.4, -0.2) is 25.0 Å². The average molecular weight is 415 g/mol. The Morgan fingerprint density at radius 1 is 1.00 bits per heavy atom. The first kappa shape index (κ1) is 20.7. The van der Waals surface area contributed by atoms with Crippen LogP contribution in [0.1, 0.15) is 24.5 Å². The molecule has 3 aromatic carbocycles. The van der Waals surface area contributed by atoms with Gasteiger partial charge in [-0.25, -0.2) is 0 Å². The van der Waals surface area contributed by atoms with Crippen LogP contribution in [0, 0.1) is 5.92 Å². The molecule has 0 spiro atoms. The van der Waals surface area contributed by atoms with Gasteiger partial charge in [-0.2, -0.15) is 0 Å². The van der Waals surface area contributed by atoms with E-state index in [1.807, 2.05) is 73.7 Å². The van der Waals surface area contributed by atoms with Crippen molar-refractivity contribution < 1.29 is 14.3 Å². The predicted octanol–water partition coefficient (Wildman–Crippen LogP) is 4.67. The lowest BCUT2D eigenvalue weighted by Gasteiger charge is -2.18. The summed E-state index contributed by atoms with van der Waals surface area (Å²) in [7, 11) is 0. The second kappa shape index (κ2) is 9.47. The fourth-order valence-corrected chi connectivity index (χ4v) is 3.87. The van der Waals surface area contributed by atoms with E-state index in [-0.39, 0.29) is 24.2 Å². The van der Waals surface area contributed by atoms with Crippen LogP contribution in [0.3, 0.4) is 0 Å². The molecule has 4 rings (SSSR count). The van der Waals surface area contributed by atoms with E-state index in [2.05, 4.69) is 17.4 Å². The maximum Gasteiger partial charge on any atom is 0.229 e. The summed E-state index contributed by atoms with van der Waals surface area (Å²) in [5, 5.41) is 3.05. The molecule has 31 heavy (non-hydrogen) atoms. The van der Waals surface area contributed by atoms with Gasteiger partial charge in [-0.05, 0) is 54.8 Å². The number of anilines is 2. The van der Waals surface area contributed by atoms with Crippen molar-refractivity contribution in [1.82, 2.24) is 0 Å². The summed E-state index contributed by atoms with van der Waals surface area (Å²) in [6.45, 7) is 2.90. The Hall–Kier alpha value is -3.60. The highest BCUT2D eigenvalue weighted by Crippen LogP contribution is 2.28. The van der Waals surface area contributed by atoms with Gasteiger partial charge in [0, 0.05) is 24.3 Å². The van der Waals surface area contributed by atoms with Crippen LogP contribution in [0.15, 0.2) is 78.9 Å². The van der Waals surface area contributed by atoms with Gasteiger partial charge in [0.25, 0.3) is 0 Å². The smallest absolute Gasteiger partial charge is 0.229 e. The van der Waals surface area contributed by atoms with Gasteiger partial charge in [0.05, 0.1) is 12.5 Å². The quantitative estimate of drug-likeness (QED) is 0.611. The van der Waals surface area contributed by atoms with Crippen molar-refractivity contribution in [2.75, 3.05) is 23.4 Å². The normalized spacial score (nSPS) is 15.7. The molecule has 3 aromatic rings. The summed E-state index contributed by atoms with van der Waals surface area (Å²) in [5.74, 6) is 0.218. The molecule has 5 heteroatoms. The number of benzene rings is 3. The number of nitrogens with one attached hydrogen (secondary N) is 1. The van der Waals surface area contributed by atoms with Gasteiger partial charge in [0.2, 0.25) is 11.8 Å². The van der Waals surface area contributed by atoms with Crippen molar-refractivity contribution in [3.05, 3.63) is 90.0 Å². The molecule has 1 aliphatic rings. The molecule has 0 aromatic heterocycles.